The lowest BCUT2D eigenvalue weighted by molar-refractivity contribution is -0.387. The average molecular weight is 304 g/mol. The lowest BCUT2D eigenvalue weighted by Crippen LogP contribution is -2.29. The fourth-order valence-corrected chi connectivity index (χ4v) is 3.66. The summed E-state index contributed by atoms with van der Waals surface area (Å²) in [6, 6.07) is 2.49. The molecule has 7 nitrogen and oxygen atoms in total. The molecule has 0 spiro atoms. The standard InChI is InChI=1S/C11H13FN2O5S/c12-10-2-1-9(5-11(10)14(16)17)20(18,19)13-4-3-8(6-13)7-15/h1-2,5,8,15H,3-4,6-7H2. The van der Waals surface area contributed by atoms with Gasteiger partial charge in [-0.3, -0.25) is 10.1 Å². The van der Waals surface area contributed by atoms with Gasteiger partial charge in [-0.05, 0) is 24.5 Å². The van der Waals surface area contributed by atoms with Crippen LogP contribution in [0.1, 0.15) is 6.42 Å². The second-order valence-electron chi connectivity index (χ2n) is 4.57. The van der Waals surface area contributed by atoms with E-state index in [9.17, 15) is 22.9 Å². The van der Waals surface area contributed by atoms with E-state index in [0.29, 0.717) is 6.42 Å². The van der Waals surface area contributed by atoms with Crippen molar-refractivity contribution < 1.29 is 22.8 Å². The van der Waals surface area contributed by atoms with E-state index in [1.807, 2.05) is 0 Å². The van der Waals surface area contributed by atoms with Crippen molar-refractivity contribution in [1.29, 1.82) is 0 Å². The van der Waals surface area contributed by atoms with E-state index in [4.69, 9.17) is 5.11 Å². The van der Waals surface area contributed by atoms with Crippen molar-refractivity contribution in [3.63, 3.8) is 0 Å². The number of aliphatic hydroxyl groups is 1. The fourth-order valence-electron chi connectivity index (χ4n) is 2.11. The van der Waals surface area contributed by atoms with E-state index < -0.39 is 26.5 Å². The molecule has 9 heteroatoms. The van der Waals surface area contributed by atoms with Gasteiger partial charge in [0.25, 0.3) is 0 Å². The van der Waals surface area contributed by atoms with Crippen LogP contribution in [0.2, 0.25) is 0 Å². The van der Waals surface area contributed by atoms with Gasteiger partial charge in [0.1, 0.15) is 0 Å². The van der Waals surface area contributed by atoms with Crippen molar-refractivity contribution in [2.24, 2.45) is 5.92 Å². The molecule has 1 aromatic rings. The Hall–Kier alpha value is -1.58. The Morgan fingerprint density at radius 2 is 2.20 bits per heavy atom. The minimum atomic E-state index is -3.90. The first kappa shape index (κ1) is 14.8. The van der Waals surface area contributed by atoms with Gasteiger partial charge in [-0.15, -0.1) is 0 Å². The van der Waals surface area contributed by atoms with Crippen LogP contribution in [0.25, 0.3) is 0 Å². The molecule has 1 atom stereocenters. The quantitative estimate of drug-likeness (QED) is 0.653. The molecule has 0 aromatic heterocycles. The average Bonchev–Trinajstić information content (AvgIpc) is 2.88. The molecule has 1 aromatic carbocycles. The number of rotatable bonds is 4. The first-order valence-electron chi connectivity index (χ1n) is 5.91. The van der Waals surface area contributed by atoms with Gasteiger partial charge in [0.15, 0.2) is 0 Å². The van der Waals surface area contributed by atoms with Crippen molar-refractivity contribution >= 4 is 15.7 Å². The Bertz CT molecular complexity index is 634. The molecule has 1 unspecified atom stereocenters. The molecule has 0 amide bonds. The highest BCUT2D eigenvalue weighted by atomic mass is 32.2. The molecule has 0 aliphatic carbocycles. The number of hydrogen-bond acceptors (Lipinski definition) is 5. The van der Waals surface area contributed by atoms with Crippen molar-refractivity contribution in [3.05, 3.63) is 34.1 Å². The third-order valence-electron chi connectivity index (χ3n) is 3.26. The van der Waals surface area contributed by atoms with E-state index in [0.717, 1.165) is 22.5 Å². The van der Waals surface area contributed by atoms with Crippen molar-refractivity contribution in [1.82, 2.24) is 4.31 Å². The predicted octanol–water partition coefficient (Wildman–Crippen LogP) is 0.737. The zero-order chi connectivity index (χ0) is 14.9. The topological polar surface area (TPSA) is 101 Å². The molecule has 1 fully saturated rings. The van der Waals surface area contributed by atoms with E-state index in [-0.39, 0.29) is 30.5 Å². The van der Waals surface area contributed by atoms with Crippen LogP contribution in [0.3, 0.4) is 0 Å². The van der Waals surface area contributed by atoms with Crippen molar-refractivity contribution in [3.8, 4) is 0 Å². The largest absolute Gasteiger partial charge is 0.396 e. The lowest BCUT2D eigenvalue weighted by Gasteiger charge is -2.16. The Kier molecular flexibility index (Phi) is 4.02. The van der Waals surface area contributed by atoms with Gasteiger partial charge in [-0.25, -0.2) is 8.42 Å². The summed E-state index contributed by atoms with van der Waals surface area (Å²) in [5.74, 6) is -1.22. The zero-order valence-electron chi connectivity index (χ0n) is 10.4. The molecule has 110 valence electrons. The predicted molar refractivity (Wildman–Crippen MR) is 67.0 cm³/mol. The molecule has 1 aliphatic heterocycles. The number of aliphatic hydroxyl groups excluding tert-OH is 1. The molecule has 2 rings (SSSR count). The smallest absolute Gasteiger partial charge is 0.306 e. The van der Waals surface area contributed by atoms with Crippen LogP contribution in [-0.4, -0.2) is 42.4 Å². The van der Waals surface area contributed by atoms with Gasteiger partial charge in [0.05, 0.1) is 9.82 Å². The van der Waals surface area contributed by atoms with E-state index in [2.05, 4.69) is 0 Å². The Morgan fingerprint density at radius 3 is 2.75 bits per heavy atom. The summed E-state index contributed by atoms with van der Waals surface area (Å²) in [6.45, 7) is 0.276. The molecule has 1 aliphatic rings. The molecule has 0 bridgehead atoms. The van der Waals surface area contributed by atoms with Gasteiger partial charge in [-0.2, -0.15) is 8.70 Å². The van der Waals surface area contributed by atoms with Crippen LogP contribution in [0.15, 0.2) is 23.1 Å². The number of hydrogen-bond donors (Lipinski definition) is 1. The number of sulfonamides is 1. The van der Waals surface area contributed by atoms with Crippen LogP contribution in [0, 0.1) is 21.8 Å². The van der Waals surface area contributed by atoms with Crippen LogP contribution in [0.5, 0.6) is 0 Å². The number of nitro groups is 1. The molecule has 20 heavy (non-hydrogen) atoms. The highest BCUT2D eigenvalue weighted by Crippen LogP contribution is 2.27. The molecule has 1 heterocycles. The number of halogens is 1. The minimum absolute atomic E-state index is 0.115. The normalized spacial score (nSPS) is 20.2. The van der Waals surface area contributed by atoms with Crippen LogP contribution in [-0.2, 0) is 10.0 Å². The molecule has 0 saturated carbocycles. The number of nitrogens with zero attached hydrogens (tertiary/aromatic N) is 2. The summed E-state index contributed by atoms with van der Waals surface area (Å²) >= 11 is 0. The molecular weight excluding hydrogens is 291 g/mol. The van der Waals surface area contributed by atoms with Gasteiger partial charge < -0.3 is 5.11 Å². The molecule has 1 saturated heterocycles. The van der Waals surface area contributed by atoms with Crippen molar-refractivity contribution in [2.45, 2.75) is 11.3 Å². The first-order valence-corrected chi connectivity index (χ1v) is 7.35. The Balaban J connectivity index is 2.35. The van der Waals surface area contributed by atoms with E-state index in [1.165, 1.54) is 0 Å². The van der Waals surface area contributed by atoms with Crippen molar-refractivity contribution in [2.75, 3.05) is 19.7 Å². The van der Waals surface area contributed by atoms with Crippen LogP contribution in [0.4, 0.5) is 10.1 Å². The maximum Gasteiger partial charge on any atom is 0.306 e. The summed E-state index contributed by atoms with van der Waals surface area (Å²) in [5, 5.41) is 19.7. The van der Waals surface area contributed by atoms with Gasteiger partial charge >= 0.3 is 5.69 Å². The van der Waals surface area contributed by atoms with Gasteiger partial charge in [-0.1, -0.05) is 0 Å². The SMILES string of the molecule is O=[N+]([O-])c1cc(S(=O)(=O)N2CCC(CO)C2)ccc1F. The fraction of sp³-hybridized carbons (Fsp3) is 0.455. The molecular formula is C11H13FN2O5S. The first-order chi connectivity index (χ1) is 9.36. The maximum absolute atomic E-state index is 13.2. The summed E-state index contributed by atoms with van der Waals surface area (Å²) in [6.07, 6.45) is 0.527. The van der Waals surface area contributed by atoms with Crippen LogP contribution < -0.4 is 0 Å². The maximum atomic E-state index is 13.2. The summed E-state index contributed by atoms with van der Waals surface area (Å²) in [7, 11) is -3.90. The zero-order valence-corrected chi connectivity index (χ0v) is 11.2. The second-order valence-corrected chi connectivity index (χ2v) is 6.51. The summed E-state index contributed by atoms with van der Waals surface area (Å²) < 4.78 is 38.9. The number of benzene rings is 1. The minimum Gasteiger partial charge on any atom is -0.396 e. The van der Waals surface area contributed by atoms with E-state index in [1.54, 1.807) is 0 Å². The van der Waals surface area contributed by atoms with Gasteiger partial charge in [0.2, 0.25) is 15.8 Å². The summed E-state index contributed by atoms with van der Waals surface area (Å²) in [5.41, 5.74) is -0.871. The molecule has 1 N–H and O–H groups in total. The molecule has 0 radical (unpaired) electrons. The summed E-state index contributed by atoms with van der Waals surface area (Å²) in [4.78, 5) is 9.37. The highest BCUT2D eigenvalue weighted by Gasteiger charge is 2.33. The lowest BCUT2D eigenvalue weighted by atomic mass is 10.1. The third kappa shape index (κ3) is 2.65. The highest BCUT2D eigenvalue weighted by molar-refractivity contribution is 7.89. The Labute approximate surface area is 114 Å². The van der Waals surface area contributed by atoms with Crippen LogP contribution >= 0.6 is 0 Å². The monoisotopic (exact) mass is 304 g/mol. The Morgan fingerprint density at radius 1 is 1.50 bits per heavy atom. The third-order valence-corrected chi connectivity index (χ3v) is 5.12. The van der Waals surface area contributed by atoms with E-state index >= 15 is 0 Å². The second kappa shape index (κ2) is 5.43. The number of nitro benzene ring substituents is 1. The van der Waals surface area contributed by atoms with Gasteiger partial charge in [0, 0.05) is 25.8 Å².